The third kappa shape index (κ3) is 3.02. The zero-order chi connectivity index (χ0) is 14.7. The third-order valence-electron chi connectivity index (χ3n) is 3.09. The van der Waals surface area contributed by atoms with E-state index in [1.807, 2.05) is 24.6 Å². The quantitative estimate of drug-likeness (QED) is 0.794. The first-order valence-corrected chi connectivity index (χ1v) is 6.83. The standard InChI is InChI=1S/C15H17ClN2O2/c1-4-18-12(7-10(2)17-18)9-14(19)13-6-5-11(16)8-15(13)20-3/h5-8H,4,9H2,1-3H3. The molecule has 0 unspecified atom stereocenters. The number of hydrogen-bond acceptors (Lipinski definition) is 3. The second-order valence-corrected chi connectivity index (χ2v) is 4.97. The van der Waals surface area contributed by atoms with Gasteiger partial charge in [0.1, 0.15) is 5.75 Å². The molecule has 2 rings (SSSR count). The smallest absolute Gasteiger partial charge is 0.172 e. The monoisotopic (exact) mass is 292 g/mol. The summed E-state index contributed by atoms with van der Waals surface area (Å²) in [5, 5.41) is 4.89. The molecule has 0 aliphatic carbocycles. The number of nitrogens with zero attached hydrogens (tertiary/aromatic N) is 2. The number of aromatic nitrogens is 2. The largest absolute Gasteiger partial charge is 0.496 e. The summed E-state index contributed by atoms with van der Waals surface area (Å²) in [5.41, 5.74) is 2.36. The van der Waals surface area contributed by atoms with Crippen LogP contribution in [0.15, 0.2) is 24.3 Å². The highest BCUT2D eigenvalue weighted by molar-refractivity contribution is 6.30. The van der Waals surface area contributed by atoms with Gasteiger partial charge in [-0.05, 0) is 38.1 Å². The summed E-state index contributed by atoms with van der Waals surface area (Å²) in [7, 11) is 1.53. The lowest BCUT2D eigenvalue weighted by Crippen LogP contribution is -2.10. The first-order chi connectivity index (χ1) is 9.55. The van der Waals surface area contributed by atoms with Crippen molar-refractivity contribution < 1.29 is 9.53 Å². The maximum absolute atomic E-state index is 12.4. The average Bonchev–Trinajstić information content (AvgIpc) is 2.78. The minimum Gasteiger partial charge on any atom is -0.496 e. The lowest BCUT2D eigenvalue weighted by molar-refractivity contribution is 0.0987. The van der Waals surface area contributed by atoms with Crippen molar-refractivity contribution in [2.24, 2.45) is 0 Å². The molecule has 0 aliphatic rings. The second kappa shape index (κ2) is 6.09. The van der Waals surface area contributed by atoms with Gasteiger partial charge in [0, 0.05) is 17.3 Å². The minimum atomic E-state index is -0.00637. The summed E-state index contributed by atoms with van der Waals surface area (Å²) in [6.45, 7) is 4.67. The fraction of sp³-hybridized carbons (Fsp3) is 0.333. The Morgan fingerprint density at radius 1 is 1.40 bits per heavy atom. The molecule has 0 fully saturated rings. The molecule has 5 heteroatoms. The Kier molecular flexibility index (Phi) is 4.45. The molecular formula is C15H17ClN2O2. The molecule has 0 aliphatic heterocycles. The Balaban J connectivity index is 2.28. The lowest BCUT2D eigenvalue weighted by Gasteiger charge is -2.08. The van der Waals surface area contributed by atoms with Gasteiger partial charge in [0.25, 0.3) is 0 Å². The lowest BCUT2D eigenvalue weighted by atomic mass is 10.1. The molecule has 1 aromatic carbocycles. The fourth-order valence-electron chi connectivity index (χ4n) is 2.17. The van der Waals surface area contributed by atoms with Gasteiger partial charge in [-0.1, -0.05) is 11.6 Å². The second-order valence-electron chi connectivity index (χ2n) is 4.54. The molecule has 0 spiro atoms. The van der Waals surface area contributed by atoms with Gasteiger partial charge < -0.3 is 4.74 Å². The number of ketones is 1. The van der Waals surface area contributed by atoms with E-state index in [-0.39, 0.29) is 5.78 Å². The summed E-state index contributed by atoms with van der Waals surface area (Å²) in [6.07, 6.45) is 0.298. The van der Waals surface area contributed by atoms with Crippen molar-refractivity contribution in [2.75, 3.05) is 7.11 Å². The van der Waals surface area contributed by atoms with Gasteiger partial charge in [0.15, 0.2) is 5.78 Å². The molecule has 0 radical (unpaired) electrons. The summed E-state index contributed by atoms with van der Waals surface area (Å²) in [6, 6.07) is 6.98. The minimum absolute atomic E-state index is 0.00637. The molecule has 0 atom stereocenters. The number of hydrogen-bond donors (Lipinski definition) is 0. The molecule has 0 saturated heterocycles. The van der Waals surface area contributed by atoms with Crippen molar-refractivity contribution in [3.8, 4) is 5.75 Å². The molecule has 0 saturated carbocycles. The van der Waals surface area contributed by atoms with Crippen LogP contribution in [0.25, 0.3) is 0 Å². The van der Waals surface area contributed by atoms with Crippen molar-refractivity contribution in [1.82, 2.24) is 9.78 Å². The molecule has 1 aromatic heterocycles. The van der Waals surface area contributed by atoms with Crippen molar-refractivity contribution in [3.63, 3.8) is 0 Å². The van der Waals surface area contributed by atoms with E-state index in [0.717, 1.165) is 17.9 Å². The molecule has 1 heterocycles. The number of aryl methyl sites for hydroxylation is 2. The number of carbonyl (C=O) groups excluding carboxylic acids is 1. The van der Waals surface area contributed by atoms with E-state index in [9.17, 15) is 4.79 Å². The highest BCUT2D eigenvalue weighted by Gasteiger charge is 2.16. The number of methoxy groups -OCH3 is 1. The molecular weight excluding hydrogens is 276 g/mol. The van der Waals surface area contributed by atoms with E-state index in [1.54, 1.807) is 18.2 Å². The molecule has 4 nitrogen and oxygen atoms in total. The zero-order valence-electron chi connectivity index (χ0n) is 11.8. The fourth-order valence-corrected chi connectivity index (χ4v) is 2.33. The van der Waals surface area contributed by atoms with Gasteiger partial charge in [-0.15, -0.1) is 0 Å². The number of benzene rings is 1. The highest BCUT2D eigenvalue weighted by Crippen LogP contribution is 2.24. The molecule has 20 heavy (non-hydrogen) atoms. The summed E-state index contributed by atoms with van der Waals surface area (Å²) in [4.78, 5) is 12.4. The van der Waals surface area contributed by atoms with Gasteiger partial charge in [0.05, 0.1) is 24.8 Å². The van der Waals surface area contributed by atoms with Crippen molar-refractivity contribution in [1.29, 1.82) is 0 Å². The topological polar surface area (TPSA) is 44.1 Å². The Morgan fingerprint density at radius 3 is 2.80 bits per heavy atom. The predicted molar refractivity (Wildman–Crippen MR) is 78.7 cm³/mol. The van der Waals surface area contributed by atoms with Crippen LogP contribution in [-0.2, 0) is 13.0 Å². The van der Waals surface area contributed by atoms with E-state index in [4.69, 9.17) is 16.3 Å². The third-order valence-corrected chi connectivity index (χ3v) is 3.33. The van der Waals surface area contributed by atoms with Gasteiger partial charge in [-0.2, -0.15) is 5.10 Å². The molecule has 0 N–H and O–H groups in total. The van der Waals surface area contributed by atoms with E-state index in [2.05, 4.69) is 5.10 Å². The Labute approximate surface area is 123 Å². The first-order valence-electron chi connectivity index (χ1n) is 6.45. The van der Waals surface area contributed by atoms with Crippen molar-refractivity contribution >= 4 is 17.4 Å². The van der Waals surface area contributed by atoms with E-state index < -0.39 is 0 Å². The summed E-state index contributed by atoms with van der Waals surface area (Å²) < 4.78 is 7.06. The molecule has 0 bridgehead atoms. The van der Waals surface area contributed by atoms with Crippen LogP contribution in [0.2, 0.25) is 5.02 Å². The van der Waals surface area contributed by atoms with Crippen LogP contribution in [0.1, 0.15) is 28.7 Å². The summed E-state index contributed by atoms with van der Waals surface area (Å²) in [5.74, 6) is 0.495. The van der Waals surface area contributed by atoms with Crippen LogP contribution >= 0.6 is 11.6 Å². The van der Waals surface area contributed by atoms with Gasteiger partial charge >= 0.3 is 0 Å². The van der Waals surface area contributed by atoms with Crippen LogP contribution in [0.3, 0.4) is 0 Å². The Hall–Kier alpha value is -1.81. The SMILES string of the molecule is CCn1nc(C)cc1CC(=O)c1ccc(Cl)cc1OC. The first kappa shape index (κ1) is 14.6. The summed E-state index contributed by atoms with van der Waals surface area (Å²) >= 11 is 5.91. The van der Waals surface area contributed by atoms with Gasteiger partial charge in [0.2, 0.25) is 0 Å². The molecule has 106 valence electrons. The van der Waals surface area contributed by atoms with Crippen LogP contribution in [-0.4, -0.2) is 22.7 Å². The van der Waals surface area contributed by atoms with E-state index in [1.165, 1.54) is 7.11 Å². The van der Waals surface area contributed by atoms with Crippen molar-refractivity contribution in [2.45, 2.75) is 26.8 Å². The molecule has 2 aromatic rings. The van der Waals surface area contributed by atoms with Crippen molar-refractivity contribution in [3.05, 3.63) is 46.2 Å². The van der Waals surface area contributed by atoms with E-state index in [0.29, 0.717) is 22.8 Å². The van der Waals surface area contributed by atoms with Gasteiger partial charge in [-0.25, -0.2) is 0 Å². The van der Waals surface area contributed by atoms with Crippen LogP contribution < -0.4 is 4.74 Å². The maximum atomic E-state index is 12.4. The number of carbonyl (C=O) groups is 1. The normalized spacial score (nSPS) is 10.6. The van der Waals surface area contributed by atoms with Crippen LogP contribution in [0, 0.1) is 6.92 Å². The average molecular weight is 293 g/mol. The van der Waals surface area contributed by atoms with Crippen LogP contribution in [0.4, 0.5) is 0 Å². The van der Waals surface area contributed by atoms with Crippen LogP contribution in [0.5, 0.6) is 5.75 Å². The zero-order valence-corrected chi connectivity index (χ0v) is 12.6. The Bertz CT molecular complexity index is 635. The maximum Gasteiger partial charge on any atom is 0.172 e. The Morgan fingerprint density at radius 2 is 2.15 bits per heavy atom. The predicted octanol–water partition coefficient (Wildman–Crippen LogP) is 3.30. The number of rotatable bonds is 5. The van der Waals surface area contributed by atoms with E-state index >= 15 is 0 Å². The number of ether oxygens (including phenoxy) is 1. The molecule has 0 amide bonds. The van der Waals surface area contributed by atoms with Gasteiger partial charge in [-0.3, -0.25) is 9.48 Å². The highest BCUT2D eigenvalue weighted by atomic mass is 35.5. The number of halogens is 1. The number of Topliss-reactive ketones (excluding diaryl/α,β-unsaturated/α-hetero) is 1.